The standard InChI is InChI=1S/C19H28N2O5/c1-13-7-6-8-14(2)18(13)26-12-17(23)21(10-9-20-16(4)22)11-15(3)19(24)25-5/h6-8,15H,9-12H2,1-5H3,(H,20,22). The minimum absolute atomic E-state index is 0.139. The molecule has 0 spiro atoms. The van der Waals surface area contributed by atoms with Crippen LogP contribution in [-0.2, 0) is 19.1 Å². The monoisotopic (exact) mass is 364 g/mol. The van der Waals surface area contributed by atoms with E-state index >= 15 is 0 Å². The lowest BCUT2D eigenvalue weighted by Gasteiger charge is -2.25. The number of amides is 2. The van der Waals surface area contributed by atoms with Crippen LogP contribution in [-0.4, -0.2) is 56.0 Å². The molecule has 0 aliphatic heterocycles. The minimum atomic E-state index is -0.471. The van der Waals surface area contributed by atoms with Crippen molar-refractivity contribution < 1.29 is 23.9 Å². The van der Waals surface area contributed by atoms with Crippen molar-refractivity contribution in [1.29, 1.82) is 0 Å². The van der Waals surface area contributed by atoms with E-state index in [0.29, 0.717) is 12.3 Å². The van der Waals surface area contributed by atoms with Crippen molar-refractivity contribution in [3.05, 3.63) is 29.3 Å². The third kappa shape index (κ3) is 6.74. The Bertz CT molecular complexity index is 625. The first-order valence-corrected chi connectivity index (χ1v) is 8.55. The molecule has 26 heavy (non-hydrogen) atoms. The van der Waals surface area contributed by atoms with Crippen LogP contribution < -0.4 is 10.1 Å². The number of carbonyl (C=O) groups is 3. The Balaban J connectivity index is 2.75. The van der Waals surface area contributed by atoms with E-state index in [1.165, 1.54) is 18.9 Å². The average molecular weight is 364 g/mol. The van der Waals surface area contributed by atoms with E-state index in [2.05, 4.69) is 5.32 Å². The van der Waals surface area contributed by atoms with Crippen LogP contribution in [0.25, 0.3) is 0 Å². The van der Waals surface area contributed by atoms with E-state index < -0.39 is 11.9 Å². The maximum atomic E-state index is 12.6. The van der Waals surface area contributed by atoms with E-state index in [1.807, 2.05) is 32.0 Å². The van der Waals surface area contributed by atoms with Gasteiger partial charge in [-0.15, -0.1) is 0 Å². The summed E-state index contributed by atoms with van der Waals surface area (Å²) in [6, 6.07) is 5.76. The topological polar surface area (TPSA) is 84.9 Å². The molecule has 1 atom stereocenters. The molecule has 0 saturated heterocycles. The second-order valence-corrected chi connectivity index (χ2v) is 6.26. The highest BCUT2D eigenvalue weighted by atomic mass is 16.5. The van der Waals surface area contributed by atoms with Gasteiger partial charge in [0.2, 0.25) is 5.91 Å². The number of carbonyl (C=O) groups excluding carboxylic acids is 3. The van der Waals surface area contributed by atoms with Gasteiger partial charge >= 0.3 is 5.97 Å². The molecule has 0 aliphatic carbocycles. The molecule has 1 unspecified atom stereocenters. The molecule has 1 aromatic carbocycles. The average Bonchev–Trinajstić information content (AvgIpc) is 2.59. The molecule has 0 bridgehead atoms. The van der Waals surface area contributed by atoms with Gasteiger partial charge in [-0.1, -0.05) is 25.1 Å². The van der Waals surface area contributed by atoms with Gasteiger partial charge in [-0.3, -0.25) is 14.4 Å². The van der Waals surface area contributed by atoms with Gasteiger partial charge in [-0.2, -0.15) is 0 Å². The van der Waals surface area contributed by atoms with Crippen molar-refractivity contribution >= 4 is 17.8 Å². The largest absolute Gasteiger partial charge is 0.483 e. The molecule has 0 aliphatic rings. The summed E-state index contributed by atoms with van der Waals surface area (Å²) >= 11 is 0. The summed E-state index contributed by atoms with van der Waals surface area (Å²) < 4.78 is 10.4. The maximum absolute atomic E-state index is 12.6. The molecule has 7 heteroatoms. The molecule has 1 N–H and O–H groups in total. The van der Waals surface area contributed by atoms with Crippen molar-refractivity contribution in [3.8, 4) is 5.75 Å². The van der Waals surface area contributed by atoms with Crippen LogP contribution in [0.5, 0.6) is 5.75 Å². The summed E-state index contributed by atoms with van der Waals surface area (Å²) in [6.07, 6.45) is 0. The number of hydrogen-bond donors (Lipinski definition) is 1. The molecule has 0 heterocycles. The minimum Gasteiger partial charge on any atom is -0.483 e. The van der Waals surface area contributed by atoms with E-state index in [9.17, 15) is 14.4 Å². The van der Waals surface area contributed by atoms with Gasteiger partial charge in [0.25, 0.3) is 5.91 Å². The predicted molar refractivity (Wildman–Crippen MR) is 97.9 cm³/mol. The molecular weight excluding hydrogens is 336 g/mol. The lowest BCUT2D eigenvalue weighted by molar-refractivity contribution is -0.146. The van der Waals surface area contributed by atoms with Gasteiger partial charge in [0.05, 0.1) is 13.0 Å². The molecule has 2 amide bonds. The van der Waals surface area contributed by atoms with Crippen LogP contribution in [0, 0.1) is 19.8 Å². The smallest absolute Gasteiger partial charge is 0.310 e. The number of ether oxygens (including phenoxy) is 2. The van der Waals surface area contributed by atoms with E-state index in [-0.39, 0.29) is 31.5 Å². The first-order valence-electron chi connectivity index (χ1n) is 8.55. The van der Waals surface area contributed by atoms with Crippen molar-refractivity contribution in [3.63, 3.8) is 0 Å². The second-order valence-electron chi connectivity index (χ2n) is 6.26. The van der Waals surface area contributed by atoms with Crippen LogP contribution in [0.4, 0.5) is 0 Å². The number of benzene rings is 1. The summed E-state index contributed by atoms with van der Waals surface area (Å²) in [5, 5.41) is 2.65. The van der Waals surface area contributed by atoms with Crippen LogP contribution in [0.1, 0.15) is 25.0 Å². The van der Waals surface area contributed by atoms with E-state index in [4.69, 9.17) is 9.47 Å². The Labute approximate surface area is 154 Å². The van der Waals surface area contributed by atoms with Gasteiger partial charge in [-0.25, -0.2) is 0 Å². The number of nitrogens with one attached hydrogen (secondary N) is 1. The fourth-order valence-corrected chi connectivity index (χ4v) is 2.54. The first-order chi connectivity index (χ1) is 12.3. The molecule has 7 nitrogen and oxygen atoms in total. The lowest BCUT2D eigenvalue weighted by Crippen LogP contribution is -2.43. The zero-order chi connectivity index (χ0) is 19.7. The number of nitrogens with zero attached hydrogens (tertiary/aromatic N) is 1. The summed E-state index contributed by atoms with van der Waals surface area (Å²) in [5.41, 5.74) is 1.90. The Morgan fingerprint density at radius 3 is 2.35 bits per heavy atom. The number of hydrogen-bond acceptors (Lipinski definition) is 5. The molecule has 0 aromatic heterocycles. The third-order valence-corrected chi connectivity index (χ3v) is 3.95. The Kier molecular flexibility index (Phi) is 8.61. The van der Waals surface area contributed by atoms with Crippen LogP contribution in [0.2, 0.25) is 0 Å². The summed E-state index contributed by atoms with van der Waals surface area (Å²) in [6.45, 7) is 7.58. The normalized spacial score (nSPS) is 11.4. The molecule has 0 saturated carbocycles. The first kappa shape index (κ1) is 21.5. The molecule has 144 valence electrons. The molecule has 0 fully saturated rings. The quantitative estimate of drug-likeness (QED) is 0.671. The van der Waals surface area contributed by atoms with Crippen molar-refractivity contribution in [1.82, 2.24) is 10.2 Å². The van der Waals surface area contributed by atoms with Crippen molar-refractivity contribution in [2.24, 2.45) is 5.92 Å². The van der Waals surface area contributed by atoms with Crippen molar-refractivity contribution in [2.75, 3.05) is 33.4 Å². The number of methoxy groups -OCH3 is 1. The van der Waals surface area contributed by atoms with Gasteiger partial charge in [-0.05, 0) is 25.0 Å². The van der Waals surface area contributed by atoms with Crippen LogP contribution >= 0.6 is 0 Å². The lowest BCUT2D eigenvalue weighted by atomic mass is 10.1. The molecule has 1 aromatic rings. The van der Waals surface area contributed by atoms with Crippen molar-refractivity contribution in [2.45, 2.75) is 27.7 Å². The Morgan fingerprint density at radius 2 is 1.81 bits per heavy atom. The fraction of sp³-hybridized carbons (Fsp3) is 0.526. The third-order valence-electron chi connectivity index (χ3n) is 3.95. The van der Waals surface area contributed by atoms with E-state index in [1.54, 1.807) is 6.92 Å². The summed E-state index contributed by atoms with van der Waals surface area (Å²) in [5.74, 6) is -0.609. The number of aryl methyl sites for hydroxylation is 2. The zero-order valence-electron chi connectivity index (χ0n) is 16.1. The van der Waals surface area contributed by atoms with Gasteiger partial charge in [0.1, 0.15) is 5.75 Å². The second kappa shape index (κ2) is 10.4. The SMILES string of the molecule is COC(=O)C(C)CN(CCNC(C)=O)C(=O)COc1c(C)cccc1C. The summed E-state index contributed by atoms with van der Waals surface area (Å²) in [4.78, 5) is 36.8. The molecular formula is C19H28N2O5. The van der Waals surface area contributed by atoms with Crippen LogP contribution in [0.3, 0.4) is 0 Å². The molecule has 1 rings (SSSR count). The number of rotatable bonds is 9. The Hall–Kier alpha value is -2.57. The van der Waals surface area contributed by atoms with E-state index in [0.717, 1.165) is 11.1 Å². The van der Waals surface area contributed by atoms with Gasteiger partial charge < -0.3 is 19.7 Å². The van der Waals surface area contributed by atoms with Gasteiger partial charge in [0.15, 0.2) is 6.61 Å². The highest BCUT2D eigenvalue weighted by Crippen LogP contribution is 2.22. The highest BCUT2D eigenvalue weighted by molar-refractivity contribution is 5.79. The summed E-state index contributed by atoms with van der Waals surface area (Å²) in [7, 11) is 1.31. The maximum Gasteiger partial charge on any atom is 0.310 e. The predicted octanol–water partition coefficient (Wildman–Crippen LogP) is 1.46. The Morgan fingerprint density at radius 1 is 1.19 bits per heavy atom. The van der Waals surface area contributed by atoms with Gasteiger partial charge in [0, 0.05) is 26.6 Å². The highest BCUT2D eigenvalue weighted by Gasteiger charge is 2.22. The zero-order valence-corrected chi connectivity index (χ0v) is 16.1. The molecule has 0 radical (unpaired) electrons. The number of para-hydroxylation sites is 1. The van der Waals surface area contributed by atoms with Crippen LogP contribution in [0.15, 0.2) is 18.2 Å². The number of esters is 1. The fourth-order valence-electron chi connectivity index (χ4n) is 2.54.